The standard InChI is InChI=1S/C12H12N4O4/c13-15-11-5-9(16(18)19)6-12(14-11)20-10-4-2-1-3-8(10)7-17/h1-6,17H,7,13H2,(H,14,15). The van der Waals surface area contributed by atoms with E-state index in [4.69, 9.17) is 10.6 Å². The summed E-state index contributed by atoms with van der Waals surface area (Å²) in [7, 11) is 0. The van der Waals surface area contributed by atoms with Gasteiger partial charge in [-0.1, -0.05) is 18.2 Å². The Balaban J connectivity index is 2.37. The van der Waals surface area contributed by atoms with Gasteiger partial charge in [0, 0.05) is 5.56 Å². The number of hydrazine groups is 1. The first-order valence-corrected chi connectivity index (χ1v) is 5.63. The summed E-state index contributed by atoms with van der Waals surface area (Å²) < 4.78 is 5.46. The molecule has 1 aromatic carbocycles. The summed E-state index contributed by atoms with van der Waals surface area (Å²) in [4.78, 5) is 14.2. The quantitative estimate of drug-likeness (QED) is 0.430. The summed E-state index contributed by atoms with van der Waals surface area (Å²) >= 11 is 0. The summed E-state index contributed by atoms with van der Waals surface area (Å²) in [5.41, 5.74) is 2.57. The molecule has 1 aromatic heterocycles. The maximum atomic E-state index is 10.8. The number of rotatable bonds is 5. The van der Waals surface area contributed by atoms with Gasteiger partial charge < -0.3 is 15.3 Å². The number of nitrogens with two attached hydrogens (primary N) is 1. The van der Waals surface area contributed by atoms with E-state index in [1.54, 1.807) is 24.3 Å². The zero-order valence-electron chi connectivity index (χ0n) is 10.3. The Morgan fingerprint density at radius 1 is 1.40 bits per heavy atom. The van der Waals surface area contributed by atoms with Crippen molar-refractivity contribution in [1.82, 2.24) is 4.98 Å². The maximum absolute atomic E-state index is 10.8. The molecule has 2 rings (SSSR count). The Morgan fingerprint density at radius 2 is 2.15 bits per heavy atom. The summed E-state index contributed by atoms with van der Waals surface area (Å²) in [6.07, 6.45) is 0. The molecule has 8 heteroatoms. The molecule has 0 aliphatic rings. The topological polar surface area (TPSA) is 124 Å². The second kappa shape index (κ2) is 5.95. The van der Waals surface area contributed by atoms with Gasteiger partial charge in [-0.25, -0.2) is 5.84 Å². The number of hydrogen-bond donors (Lipinski definition) is 3. The minimum absolute atomic E-state index is 0.00745. The van der Waals surface area contributed by atoms with E-state index >= 15 is 0 Å². The molecule has 0 bridgehead atoms. The van der Waals surface area contributed by atoms with Crippen molar-refractivity contribution < 1.29 is 14.8 Å². The number of benzene rings is 1. The van der Waals surface area contributed by atoms with Gasteiger partial charge in [-0.15, -0.1) is 0 Å². The largest absolute Gasteiger partial charge is 0.438 e. The van der Waals surface area contributed by atoms with Crippen LogP contribution in [-0.2, 0) is 6.61 Å². The molecule has 0 amide bonds. The average Bonchev–Trinajstić information content (AvgIpc) is 2.47. The summed E-state index contributed by atoms with van der Waals surface area (Å²) in [5.74, 6) is 5.69. The van der Waals surface area contributed by atoms with Gasteiger partial charge >= 0.3 is 0 Å². The number of para-hydroxylation sites is 1. The minimum Gasteiger partial charge on any atom is -0.438 e. The Bertz CT molecular complexity index is 633. The Morgan fingerprint density at radius 3 is 2.80 bits per heavy atom. The highest BCUT2D eigenvalue weighted by molar-refractivity contribution is 5.48. The van der Waals surface area contributed by atoms with Crippen LogP contribution in [0.2, 0.25) is 0 Å². The second-order valence-corrected chi connectivity index (χ2v) is 3.82. The van der Waals surface area contributed by atoms with Crippen molar-refractivity contribution in [2.24, 2.45) is 5.84 Å². The third kappa shape index (κ3) is 2.99. The number of nitrogens with zero attached hydrogens (tertiary/aromatic N) is 2. The fourth-order valence-electron chi connectivity index (χ4n) is 1.57. The first-order valence-electron chi connectivity index (χ1n) is 5.63. The number of aliphatic hydroxyl groups excluding tert-OH is 1. The Hall–Kier alpha value is -2.71. The van der Waals surface area contributed by atoms with Crippen LogP contribution in [0.15, 0.2) is 36.4 Å². The molecule has 0 fully saturated rings. The van der Waals surface area contributed by atoms with Crippen LogP contribution >= 0.6 is 0 Å². The van der Waals surface area contributed by atoms with E-state index in [0.717, 1.165) is 0 Å². The van der Waals surface area contributed by atoms with Gasteiger partial charge in [0.15, 0.2) is 5.82 Å². The lowest BCUT2D eigenvalue weighted by Crippen LogP contribution is -2.09. The molecule has 0 spiro atoms. The maximum Gasteiger partial charge on any atom is 0.278 e. The fourth-order valence-corrected chi connectivity index (χ4v) is 1.57. The van der Waals surface area contributed by atoms with Crippen LogP contribution in [0.5, 0.6) is 11.6 Å². The summed E-state index contributed by atoms with van der Waals surface area (Å²) in [6.45, 7) is -0.215. The molecule has 104 valence electrons. The number of aliphatic hydroxyl groups is 1. The van der Waals surface area contributed by atoms with Crippen molar-refractivity contribution in [3.05, 3.63) is 52.1 Å². The van der Waals surface area contributed by atoms with E-state index in [1.807, 2.05) is 0 Å². The van der Waals surface area contributed by atoms with Crippen molar-refractivity contribution in [3.63, 3.8) is 0 Å². The van der Waals surface area contributed by atoms with Gasteiger partial charge in [-0.2, -0.15) is 4.98 Å². The molecule has 0 unspecified atom stereocenters. The molecule has 0 saturated carbocycles. The van der Waals surface area contributed by atoms with E-state index in [2.05, 4.69) is 10.4 Å². The monoisotopic (exact) mass is 276 g/mol. The first kappa shape index (κ1) is 13.7. The molecule has 8 nitrogen and oxygen atoms in total. The van der Waals surface area contributed by atoms with E-state index in [0.29, 0.717) is 11.3 Å². The highest BCUT2D eigenvalue weighted by Gasteiger charge is 2.13. The lowest BCUT2D eigenvalue weighted by atomic mass is 10.2. The third-order valence-electron chi connectivity index (χ3n) is 2.50. The predicted octanol–water partition coefficient (Wildman–Crippen LogP) is 1.56. The molecule has 0 aliphatic heterocycles. The number of hydrogen-bond acceptors (Lipinski definition) is 7. The van der Waals surface area contributed by atoms with E-state index in [-0.39, 0.29) is 24.0 Å². The summed E-state index contributed by atoms with van der Waals surface area (Å²) in [6, 6.07) is 9.12. The number of nitro groups is 1. The third-order valence-corrected chi connectivity index (χ3v) is 2.50. The van der Waals surface area contributed by atoms with Gasteiger partial charge in [0.25, 0.3) is 5.69 Å². The molecule has 4 N–H and O–H groups in total. The number of nitrogens with one attached hydrogen (secondary N) is 1. The minimum atomic E-state index is -0.576. The lowest BCUT2D eigenvalue weighted by molar-refractivity contribution is -0.384. The second-order valence-electron chi connectivity index (χ2n) is 3.82. The van der Waals surface area contributed by atoms with E-state index in [9.17, 15) is 15.2 Å². The Kier molecular flexibility index (Phi) is 4.08. The van der Waals surface area contributed by atoms with Crippen molar-refractivity contribution >= 4 is 11.5 Å². The van der Waals surface area contributed by atoms with E-state index in [1.165, 1.54) is 12.1 Å². The van der Waals surface area contributed by atoms with Crippen molar-refractivity contribution in [1.29, 1.82) is 0 Å². The number of aromatic nitrogens is 1. The highest BCUT2D eigenvalue weighted by Crippen LogP contribution is 2.28. The van der Waals surface area contributed by atoms with Gasteiger partial charge in [0.05, 0.1) is 23.7 Å². The molecule has 20 heavy (non-hydrogen) atoms. The SMILES string of the molecule is NNc1cc([N+](=O)[O-])cc(Oc2ccccc2CO)n1. The molecular formula is C12H12N4O4. The molecule has 1 heterocycles. The molecule has 0 saturated heterocycles. The molecule has 0 aliphatic carbocycles. The van der Waals surface area contributed by atoms with Gasteiger partial charge in [-0.3, -0.25) is 10.1 Å². The van der Waals surface area contributed by atoms with Crippen molar-refractivity contribution in [3.8, 4) is 11.6 Å². The molecular weight excluding hydrogens is 264 g/mol. The first-order chi connectivity index (χ1) is 9.63. The number of ether oxygens (including phenoxy) is 1. The van der Waals surface area contributed by atoms with Crippen LogP contribution < -0.4 is 16.0 Å². The van der Waals surface area contributed by atoms with Crippen molar-refractivity contribution in [2.45, 2.75) is 6.61 Å². The lowest BCUT2D eigenvalue weighted by Gasteiger charge is -2.09. The van der Waals surface area contributed by atoms with Crippen LogP contribution in [0, 0.1) is 10.1 Å². The molecule has 0 atom stereocenters. The summed E-state index contributed by atoms with van der Waals surface area (Å²) in [5, 5.41) is 20.0. The van der Waals surface area contributed by atoms with Gasteiger partial charge in [0.2, 0.25) is 5.88 Å². The smallest absolute Gasteiger partial charge is 0.278 e. The highest BCUT2D eigenvalue weighted by atomic mass is 16.6. The molecule has 0 radical (unpaired) electrons. The fraction of sp³-hybridized carbons (Fsp3) is 0.0833. The van der Waals surface area contributed by atoms with Crippen LogP contribution in [0.1, 0.15) is 5.56 Å². The van der Waals surface area contributed by atoms with E-state index < -0.39 is 4.92 Å². The number of anilines is 1. The number of nitrogen functional groups attached to an aromatic ring is 1. The number of pyridine rings is 1. The molecule has 2 aromatic rings. The average molecular weight is 276 g/mol. The van der Waals surface area contributed by atoms with Gasteiger partial charge in [-0.05, 0) is 6.07 Å². The predicted molar refractivity (Wildman–Crippen MR) is 71.1 cm³/mol. The Labute approximate surface area is 113 Å². The van der Waals surface area contributed by atoms with Crippen LogP contribution in [0.25, 0.3) is 0 Å². The van der Waals surface area contributed by atoms with Crippen LogP contribution in [0.4, 0.5) is 11.5 Å². The zero-order chi connectivity index (χ0) is 14.5. The van der Waals surface area contributed by atoms with Gasteiger partial charge in [0.1, 0.15) is 5.75 Å². The normalized spacial score (nSPS) is 10.1. The van der Waals surface area contributed by atoms with Crippen LogP contribution in [0.3, 0.4) is 0 Å². The van der Waals surface area contributed by atoms with Crippen molar-refractivity contribution in [2.75, 3.05) is 5.43 Å². The van der Waals surface area contributed by atoms with Crippen LogP contribution in [-0.4, -0.2) is 15.0 Å². The zero-order valence-corrected chi connectivity index (χ0v) is 10.3.